The molecule has 1 aromatic heterocycles. The second-order valence-corrected chi connectivity index (χ2v) is 7.19. The van der Waals surface area contributed by atoms with Crippen molar-refractivity contribution in [1.29, 1.82) is 0 Å². The van der Waals surface area contributed by atoms with Gasteiger partial charge in [-0.15, -0.1) is 11.3 Å². The van der Waals surface area contributed by atoms with Gasteiger partial charge in [0.1, 0.15) is 5.01 Å². The largest absolute Gasteiger partial charge is 0.336 e. The topological polar surface area (TPSA) is 36.4 Å². The minimum absolute atomic E-state index is 0.117. The molecule has 24 heavy (non-hydrogen) atoms. The van der Waals surface area contributed by atoms with Gasteiger partial charge in [0, 0.05) is 37.3 Å². The van der Waals surface area contributed by atoms with Gasteiger partial charge < -0.3 is 9.80 Å². The van der Waals surface area contributed by atoms with E-state index in [0.717, 1.165) is 47.8 Å². The number of piperazine rings is 1. The first-order chi connectivity index (χ1) is 11.7. The monoisotopic (exact) mass is 337 g/mol. The molecule has 0 bridgehead atoms. The van der Waals surface area contributed by atoms with Crippen molar-refractivity contribution in [1.82, 2.24) is 14.8 Å². The van der Waals surface area contributed by atoms with E-state index in [1.165, 1.54) is 4.70 Å². The smallest absolute Gasteiger partial charge is 0.253 e. The van der Waals surface area contributed by atoms with Crippen LogP contribution in [0.3, 0.4) is 0 Å². The zero-order chi connectivity index (χ0) is 16.5. The Balaban J connectivity index is 1.62. The highest BCUT2D eigenvalue weighted by Gasteiger charge is 2.20. The molecule has 2 heterocycles. The first-order valence-corrected chi connectivity index (χ1v) is 8.96. The molecule has 1 fully saturated rings. The molecule has 5 heteroatoms. The fraction of sp³-hybridized carbons (Fsp3) is 0.263. The van der Waals surface area contributed by atoms with E-state index >= 15 is 0 Å². The Morgan fingerprint density at radius 1 is 1.04 bits per heavy atom. The van der Waals surface area contributed by atoms with E-state index in [1.807, 2.05) is 47.4 Å². The van der Waals surface area contributed by atoms with E-state index in [2.05, 4.69) is 18.0 Å². The second-order valence-electron chi connectivity index (χ2n) is 6.16. The van der Waals surface area contributed by atoms with Crippen LogP contribution >= 0.6 is 11.3 Å². The van der Waals surface area contributed by atoms with Crippen molar-refractivity contribution >= 4 is 27.5 Å². The van der Waals surface area contributed by atoms with Crippen LogP contribution in [0.2, 0.25) is 0 Å². The first-order valence-electron chi connectivity index (χ1n) is 8.14. The van der Waals surface area contributed by atoms with Crippen LogP contribution in [0.4, 0.5) is 0 Å². The summed E-state index contributed by atoms with van der Waals surface area (Å²) in [6, 6.07) is 16.0. The zero-order valence-electron chi connectivity index (χ0n) is 13.6. The number of carbonyl (C=O) groups excluding carboxylic acids is 1. The number of amides is 1. The Kier molecular flexibility index (Phi) is 4.04. The molecule has 0 spiro atoms. The van der Waals surface area contributed by atoms with Gasteiger partial charge >= 0.3 is 0 Å². The average molecular weight is 337 g/mol. The third kappa shape index (κ3) is 2.92. The van der Waals surface area contributed by atoms with Crippen LogP contribution < -0.4 is 0 Å². The summed E-state index contributed by atoms with van der Waals surface area (Å²) in [5.74, 6) is 0.117. The molecule has 1 aliphatic rings. The molecular formula is C19H19N3OS. The number of carbonyl (C=O) groups is 1. The summed E-state index contributed by atoms with van der Waals surface area (Å²) in [6.45, 7) is 3.45. The van der Waals surface area contributed by atoms with Crippen molar-refractivity contribution < 1.29 is 4.79 Å². The van der Waals surface area contributed by atoms with Gasteiger partial charge in [-0.3, -0.25) is 4.79 Å². The molecule has 0 N–H and O–H groups in total. The summed E-state index contributed by atoms with van der Waals surface area (Å²) in [4.78, 5) is 21.6. The maximum atomic E-state index is 12.8. The fourth-order valence-corrected chi connectivity index (χ4v) is 3.94. The van der Waals surface area contributed by atoms with Gasteiger partial charge in [-0.05, 0) is 31.3 Å². The Morgan fingerprint density at radius 2 is 1.83 bits per heavy atom. The highest BCUT2D eigenvalue weighted by atomic mass is 32.1. The van der Waals surface area contributed by atoms with Crippen molar-refractivity contribution in [3.05, 3.63) is 54.1 Å². The average Bonchev–Trinajstić information content (AvgIpc) is 3.06. The van der Waals surface area contributed by atoms with E-state index in [1.54, 1.807) is 11.3 Å². The number of thiazole rings is 1. The molecule has 0 radical (unpaired) electrons. The Bertz CT molecular complexity index is 848. The van der Waals surface area contributed by atoms with Crippen molar-refractivity contribution in [2.24, 2.45) is 0 Å². The Morgan fingerprint density at radius 3 is 2.62 bits per heavy atom. The van der Waals surface area contributed by atoms with Crippen molar-refractivity contribution in [2.75, 3.05) is 33.2 Å². The minimum atomic E-state index is 0.117. The summed E-state index contributed by atoms with van der Waals surface area (Å²) < 4.78 is 1.17. The molecule has 0 unspecified atom stereocenters. The quantitative estimate of drug-likeness (QED) is 0.719. The number of likely N-dealkylation sites (N-methyl/N-ethyl adjacent to an activating group) is 1. The van der Waals surface area contributed by atoms with Crippen LogP contribution in [-0.2, 0) is 0 Å². The molecule has 4 nitrogen and oxygen atoms in total. The third-order valence-corrected chi connectivity index (χ3v) is 5.53. The highest BCUT2D eigenvalue weighted by molar-refractivity contribution is 7.21. The molecular weight excluding hydrogens is 318 g/mol. The van der Waals surface area contributed by atoms with Crippen LogP contribution in [-0.4, -0.2) is 53.9 Å². The summed E-state index contributed by atoms with van der Waals surface area (Å²) in [7, 11) is 2.09. The Hall–Kier alpha value is -2.24. The summed E-state index contributed by atoms with van der Waals surface area (Å²) >= 11 is 1.66. The number of aromatic nitrogens is 1. The third-order valence-electron chi connectivity index (χ3n) is 4.44. The van der Waals surface area contributed by atoms with Crippen molar-refractivity contribution in [2.45, 2.75) is 0 Å². The lowest BCUT2D eigenvalue weighted by molar-refractivity contribution is 0.0664. The van der Waals surface area contributed by atoms with Crippen LogP contribution in [0, 0.1) is 0 Å². The molecule has 0 atom stereocenters. The lowest BCUT2D eigenvalue weighted by Gasteiger charge is -2.32. The summed E-state index contributed by atoms with van der Waals surface area (Å²) in [5.41, 5.74) is 2.76. The SMILES string of the molecule is CN1CCN(C(=O)c2cccc(-c3nc4ccccc4s3)c2)CC1. The van der Waals surface area contributed by atoms with E-state index in [9.17, 15) is 4.79 Å². The number of rotatable bonds is 2. The molecule has 3 aromatic rings. The van der Waals surface area contributed by atoms with E-state index in [0.29, 0.717) is 0 Å². The molecule has 2 aromatic carbocycles. The number of para-hydroxylation sites is 1. The van der Waals surface area contributed by atoms with Crippen LogP contribution in [0.5, 0.6) is 0 Å². The zero-order valence-corrected chi connectivity index (χ0v) is 14.4. The molecule has 1 saturated heterocycles. The van der Waals surface area contributed by atoms with Gasteiger partial charge in [0.05, 0.1) is 10.2 Å². The first kappa shape index (κ1) is 15.3. The van der Waals surface area contributed by atoms with Gasteiger partial charge in [-0.2, -0.15) is 0 Å². The second kappa shape index (κ2) is 6.34. The maximum Gasteiger partial charge on any atom is 0.253 e. The fourth-order valence-electron chi connectivity index (χ4n) is 2.97. The van der Waals surface area contributed by atoms with Gasteiger partial charge in [-0.1, -0.05) is 24.3 Å². The van der Waals surface area contributed by atoms with Crippen LogP contribution in [0.15, 0.2) is 48.5 Å². The number of fused-ring (bicyclic) bond motifs is 1. The lowest BCUT2D eigenvalue weighted by atomic mass is 10.1. The normalized spacial score (nSPS) is 15.8. The predicted octanol–water partition coefficient (Wildman–Crippen LogP) is 3.35. The maximum absolute atomic E-state index is 12.8. The molecule has 0 aliphatic carbocycles. The molecule has 1 amide bonds. The summed E-state index contributed by atoms with van der Waals surface area (Å²) in [5, 5.41) is 0.962. The van der Waals surface area contributed by atoms with Crippen LogP contribution in [0.25, 0.3) is 20.8 Å². The lowest BCUT2D eigenvalue weighted by Crippen LogP contribution is -2.47. The van der Waals surface area contributed by atoms with Crippen molar-refractivity contribution in [3.63, 3.8) is 0 Å². The van der Waals surface area contributed by atoms with Gasteiger partial charge in [-0.25, -0.2) is 4.98 Å². The highest BCUT2D eigenvalue weighted by Crippen LogP contribution is 2.30. The number of nitrogens with zero attached hydrogens (tertiary/aromatic N) is 3. The molecule has 122 valence electrons. The number of hydrogen-bond donors (Lipinski definition) is 0. The standard InChI is InChI=1S/C19H19N3OS/c1-21-9-11-22(12-10-21)19(23)15-6-4-5-14(13-15)18-20-16-7-2-3-8-17(16)24-18/h2-8,13H,9-12H2,1H3. The van der Waals surface area contributed by atoms with E-state index in [4.69, 9.17) is 4.98 Å². The predicted molar refractivity (Wildman–Crippen MR) is 98.5 cm³/mol. The molecule has 0 saturated carbocycles. The van der Waals surface area contributed by atoms with Gasteiger partial charge in [0.2, 0.25) is 0 Å². The molecule has 1 aliphatic heterocycles. The van der Waals surface area contributed by atoms with Crippen molar-refractivity contribution in [3.8, 4) is 10.6 Å². The number of hydrogen-bond acceptors (Lipinski definition) is 4. The minimum Gasteiger partial charge on any atom is -0.336 e. The van der Waals surface area contributed by atoms with Gasteiger partial charge in [0.15, 0.2) is 0 Å². The molecule has 4 rings (SSSR count). The Labute approximate surface area is 145 Å². The van der Waals surface area contributed by atoms with E-state index in [-0.39, 0.29) is 5.91 Å². The van der Waals surface area contributed by atoms with Crippen LogP contribution in [0.1, 0.15) is 10.4 Å². The summed E-state index contributed by atoms with van der Waals surface area (Å²) in [6.07, 6.45) is 0. The van der Waals surface area contributed by atoms with E-state index < -0.39 is 0 Å². The van der Waals surface area contributed by atoms with Gasteiger partial charge in [0.25, 0.3) is 5.91 Å². The number of benzene rings is 2.